The van der Waals surface area contributed by atoms with Gasteiger partial charge < -0.3 is 4.74 Å². The van der Waals surface area contributed by atoms with Gasteiger partial charge >= 0.3 is 0 Å². The molecule has 2 aromatic carbocycles. The largest absolute Gasteiger partial charge is 0.489 e. The smallest absolute Gasteiger partial charge is 0.162 e. The number of hydrogen-bond donors (Lipinski definition) is 0. The minimum Gasteiger partial charge on any atom is -0.489 e. The maximum absolute atomic E-state index is 13.5. The zero-order valence-electron chi connectivity index (χ0n) is 11.0. The first-order valence-corrected chi connectivity index (χ1v) is 7.09. The second kappa shape index (κ2) is 6.66. The van der Waals surface area contributed by atoms with Crippen LogP contribution in [0, 0.1) is 5.82 Å². The Labute approximate surface area is 125 Å². The summed E-state index contributed by atoms with van der Waals surface area (Å²) in [6, 6.07) is 11.6. The molecule has 0 radical (unpaired) electrons. The zero-order chi connectivity index (χ0) is 14.5. The molecule has 2 aromatic rings. The molecule has 0 aliphatic carbocycles. The van der Waals surface area contributed by atoms with Crippen LogP contribution in [0.15, 0.2) is 46.9 Å². The standard InChI is InChI=1S/C16H14BrFO2/c1-2-16(19)11-3-6-14(7-4-11)20-10-12-9-13(17)5-8-15(12)18/h3-9H,2,10H2,1H3. The number of carbonyl (C=O) groups excluding carboxylic acids is 1. The molecule has 20 heavy (non-hydrogen) atoms. The molecule has 0 saturated carbocycles. The van der Waals surface area contributed by atoms with Crippen LogP contribution in [0.5, 0.6) is 5.75 Å². The van der Waals surface area contributed by atoms with Crippen molar-refractivity contribution in [3.63, 3.8) is 0 Å². The number of hydrogen-bond acceptors (Lipinski definition) is 2. The molecule has 0 aliphatic heterocycles. The van der Waals surface area contributed by atoms with Crippen molar-refractivity contribution in [2.75, 3.05) is 0 Å². The number of ether oxygens (including phenoxy) is 1. The Morgan fingerprint density at radius 1 is 1.20 bits per heavy atom. The summed E-state index contributed by atoms with van der Waals surface area (Å²) in [6.45, 7) is 1.97. The van der Waals surface area contributed by atoms with Crippen molar-refractivity contribution >= 4 is 21.7 Å². The zero-order valence-corrected chi connectivity index (χ0v) is 12.6. The summed E-state index contributed by atoms with van der Waals surface area (Å²) in [5, 5.41) is 0. The van der Waals surface area contributed by atoms with E-state index in [4.69, 9.17) is 4.74 Å². The van der Waals surface area contributed by atoms with E-state index in [0.717, 1.165) is 4.47 Å². The Kier molecular flexibility index (Phi) is 4.90. The van der Waals surface area contributed by atoms with Crippen LogP contribution >= 0.6 is 15.9 Å². The molecule has 0 saturated heterocycles. The predicted molar refractivity (Wildman–Crippen MR) is 79.5 cm³/mol. The Morgan fingerprint density at radius 3 is 2.55 bits per heavy atom. The summed E-state index contributed by atoms with van der Waals surface area (Å²) in [7, 11) is 0. The third-order valence-corrected chi connectivity index (χ3v) is 3.39. The normalized spacial score (nSPS) is 10.3. The number of halogens is 2. The van der Waals surface area contributed by atoms with Gasteiger partial charge in [-0.3, -0.25) is 4.79 Å². The highest BCUT2D eigenvalue weighted by molar-refractivity contribution is 9.10. The van der Waals surface area contributed by atoms with Gasteiger partial charge in [0.2, 0.25) is 0 Å². The molecule has 0 atom stereocenters. The molecule has 0 fully saturated rings. The quantitative estimate of drug-likeness (QED) is 0.736. The van der Waals surface area contributed by atoms with E-state index in [-0.39, 0.29) is 18.2 Å². The molecule has 4 heteroatoms. The van der Waals surface area contributed by atoms with Gasteiger partial charge in [-0.1, -0.05) is 22.9 Å². The first-order valence-electron chi connectivity index (χ1n) is 6.30. The maximum Gasteiger partial charge on any atom is 0.162 e. The van der Waals surface area contributed by atoms with Gasteiger partial charge in [-0.2, -0.15) is 0 Å². The van der Waals surface area contributed by atoms with Crippen molar-refractivity contribution in [2.24, 2.45) is 0 Å². The molecule has 0 spiro atoms. The molecule has 0 unspecified atom stereocenters. The van der Waals surface area contributed by atoms with Gasteiger partial charge in [-0.15, -0.1) is 0 Å². The summed E-state index contributed by atoms with van der Waals surface area (Å²) < 4.78 is 19.9. The van der Waals surface area contributed by atoms with E-state index in [0.29, 0.717) is 23.3 Å². The Morgan fingerprint density at radius 2 is 1.90 bits per heavy atom. The molecule has 0 amide bonds. The summed E-state index contributed by atoms with van der Waals surface area (Å²) in [6.07, 6.45) is 0.476. The molecular weight excluding hydrogens is 323 g/mol. The minimum atomic E-state index is -0.300. The fraction of sp³-hybridized carbons (Fsp3) is 0.188. The number of ketones is 1. The average molecular weight is 337 g/mol. The van der Waals surface area contributed by atoms with E-state index >= 15 is 0 Å². The van der Waals surface area contributed by atoms with Crippen molar-refractivity contribution in [1.29, 1.82) is 0 Å². The Bertz CT molecular complexity index is 608. The topological polar surface area (TPSA) is 26.3 Å². The molecule has 2 rings (SSSR count). The number of rotatable bonds is 5. The summed E-state index contributed by atoms with van der Waals surface area (Å²) in [4.78, 5) is 11.5. The molecule has 0 heterocycles. The van der Waals surface area contributed by atoms with Gasteiger partial charge in [-0.05, 0) is 42.5 Å². The van der Waals surface area contributed by atoms with E-state index in [1.165, 1.54) is 6.07 Å². The lowest BCUT2D eigenvalue weighted by Crippen LogP contribution is -2.00. The van der Waals surface area contributed by atoms with Gasteiger partial charge in [0, 0.05) is 22.0 Å². The first-order chi connectivity index (χ1) is 9.60. The van der Waals surface area contributed by atoms with Crippen molar-refractivity contribution in [3.8, 4) is 5.75 Å². The highest BCUT2D eigenvalue weighted by atomic mass is 79.9. The summed E-state index contributed by atoms with van der Waals surface area (Å²) in [5.74, 6) is 0.401. The second-order valence-electron chi connectivity index (χ2n) is 4.33. The van der Waals surface area contributed by atoms with Crippen LogP contribution in [0.2, 0.25) is 0 Å². The van der Waals surface area contributed by atoms with Crippen LogP contribution in [-0.4, -0.2) is 5.78 Å². The van der Waals surface area contributed by atoms with E-state index < -0.39 is 0 Å². The average Bonchev–Trinajstić information content (AvgIpc) is 2.48. The lowest BCUT2D eigenvalue weighted by atomic mass is 10.1. The highest BCUT2D eigenvalue weighted by Gasteiger charge is 2.05. The van der Waals surface area contributed by atoms with Crippen molar-refractivity contribution < 1.29 is 13.9 Å². The molecular formula is C16H14BrFO2. The fourth-order valence-electron chi connectivity index (χ4n) is 1.76. The number of carbonyl (C=O) groups is 1. The third kappa shape index (κ3) is 3.67. The van der Waals surface area contributed by atoms with Crippen LogP contribution in [0.4, 0.5) is 4.39 Å². The minimum absolute atomic E-state index is 0.0922. The molecule has 0 aromatic heterocycles. The lowest BCUT2D eigenvalue weighted by Gasteiger charge is -2.08. The van der Waals surface area contributed by atoms with Gasteiger partial charge in [0.15, 0.2) is 5.78 Å². The van der Waals surface area contributed by atoms with Gasteiger partial charge in [0.25, 0.3) is 0 Å². The van der Waals surface area contributed by atoms with Gasteiger partial charge in [0.1, 0.15) is 18.2 Å². The van der Waals surface area contributed by atoms with Crippen molar-refractivity contribution in [2.45, 2.75) is 20.0 Å². The summed E-state index contributed by atoms with van der Waals surface area (Å²) >= 11 is 3.30. The maximum atomic E-state index is 13.5. The van der Waals surface area contributed by atoms with E-state index in [2.05, 4.69) is 15.9 Å². The first kappa shape index (κ1) is 14.7. The molecule has 0 N–H and O–H groups in total. The third-order valence-electron chi connectivity index (χ3n) is 2.90. The van der Waals surface area contributed by atoms with Crippen LogP contribution in [-0.2, 0) is 6.61 Å². The van der Waals surface area contributed by atoms with E-state index in [1.54, 1.807) is 36.4 Å². The number of benzene rings is 2. The van der Waals surface area contributed by atoms with Gasteiger partial charge in [-0.25, -0.2) is 4.39 Å². The summed E-state index contributed by atoms with van der Waals surface area (Å²) in [5.41, 5.74) is 1.14. The SMILES string of the molecule is CCC(=O)c1ccc(OCc2cc(Br)ccc2F)cc1. The van der Waals surface area contributed by atoms with E-state index in [1.807, 2.05) is 6.92 Å². The van der Waals surface area contributed by atoms with Crippen LogP contribution < -0.4 is 4.74 Å². The van der Waals surface area contributed by atoms with Crippen LogP contribution in [0.1, 0.15) is 29.3 Å². The van der Waals surface area contributed by atoms with Crippen molar-refractivity contribution in [1.82, 2.24) is 0 Å². The highest BCUT2D eigenvalue weighted by Crippen LogP contribution is 2.19. The predicted octanol–water partition coefficient (Wildman–Crippen LogP) is 4.76. The van der Waals surface area contributed by atoms with E-state index in [9.17, 15) is 9.18 Å². The second-order valence-corrected chi connectivity index (χ2v) is 5.24. The molecule has 0 bridgehead atoms. The van der Waals surface area contributed by atoms with Crippen LogP contribution in [0.3, 0.4) is 0 Å². The van der Waals surface area contributed by atoms with Crippen molar-refractivity contribution in [3.05, 3.63) is 63.9 Å². The molecule has 2 nitrogen and oxygen atoms in total. The fourth-order valence-corrected chi connectivity index (χ4v) is 2.16. The monoisotopic (exact) mass is 336 g/mol. The van der Waals surface area contributed by atoms with Crippen LogP contribution in [0.25, 0.3) is 0 Å². The Hall–Kier alpha value is -1.68. The molecule has 0 aliphatic rings. The van der Waals surface area contributed by atoms with Gasteiger partial charge in [0.05, 0.1) is 0 Å². The molecule has 104 valence electrons. The lowest BCUT2D eigenvalue weighted by molar-refractivity contribution is 0.0988. The number of Topliss-reactive ketones (excluding diaryl/α,β-unsaturated/α-hetero) is 1. The Balaban J connectivity index is 2.04.